The Bertz CT molecular complexity index is 717. The van der Waals surface area contributed by atoms with Crippen LogP contribution >= 0.6 is 23.2 Å². The van der Waals surface area contributed by atoms with Gasteiger partial charge in [-0.2, -0.15) is 0 Å². The average molecular weight is 376 g/mol. The van der Waals surface area contributed by atoms with Crippen LogP contribution in [0.5, 0.6) is 0 Å². The van der Waals surface area contributed by atoms with Crippen LogP contribution in [0, 0.1) is 5.92 Å². The van der Waals surface area contributed by atoms with Gasteiger partial charge in [0, 0.05) is 16.6 Å². The van der Waals surface area contributed by atoms with E-state index in [1.165, 1.54) is 16.7 Å². The summed E-state index contributed by atoms with van der Waals surface area (Å²) in [6.45, 7) is 5.63. The maximum absolute atomic E-state index is 6.41. The molecule has 0 saturated heterocycles. The molecular weight excluding hydrogens is 349 g/mol. The molecule has 0 N–H and O–H groups in total. The van der Waals surface area contributed by atoms with Crippen molar-refractivity contribution in [2.45, 2.75) is 26.7 Å². The highest BCUT2D eigenvalue weighted by atomic mass is 35.5. The smallest absolute Gasteiger partial charge is 0.0441 e. The van der Waals surface area contributed by atoms with Crippen molar-refractivity contribution in [2.75, 3.05) is 20.6 Å². The fraction of sp³-hybridized carbons (Fsp3) is 0.364. The lowest BCUT2D eigenvalue weighted by Gasteiger charge is -2.20. The summed E-state index contributed by atoms with van der Waals surface area (Å²) < 4.78 is 0. The quantitative estimate of drug-likeness (QED) is 0.526. The summed E-state index contributed by atoms with van der Waals surface area (Å²) in [6, 6.07) is 16.2. The van der Waals surface area contributed by atoms with E-state index in [0.717, 1.165) is 35.0 Å². The summed E-state index contributed by atoms with van der Waals surface area (Å²) in [5.74, 6) is 0.601. The summed E-state index contributed by atoms with van der Waals surface area (Å²) in [4.78, 5) is 2.24. The second-order valence-corrected chi connectivity index (χ2v) is 7.95. The molecule has 134 valence electrons. The Morgan fingerprint density at radius 1 is 1.00 bits per heavy atom. The molecule has 2 aromatic rings. The van der Waals surface area contributed by atoms with E-state index in [1.54, 1.807) is 0 Å². The Hall–Kier alpha value is -1.28. The molecule has 0 amide bonds. The largest absolute Gasteiger partial charge is 0.309 e. The van der Waals surface area contributed by atoms with Crippen molar-refractivity contribution in [1.29, 1.82) is 0 Å². The minimum absolute atomic E-state index is 0.601. The highest BCUT2D eigenvalue weighted by Crippen LogP contribution is 2.30. The van der Waals surface area contributed by atoms with Gasteiger partial charge in [-0.1, -0.05) is 66.0 Å². The van der Waals surface area contributed by atoms with Gasteiger partial charge >= 0.3 is 0 Å². The standard InChI is InChI=1S/C22H27Cl2N/c1-16(15-25(3)4)13-17(2)21(18-9-11-20(23)12-10-18)14-19-7-5-6-8-22(19)24/h5-12,16H,13-15H2,1-4H3. The zero-order valence-corrected chi connectivity index (χ0v) is 17.0. The van der Waals surface area contributed by atoms with Gasteiger partial charge in [0.05, 0.1) is 0 Å². The monoisotopic (exact) mass is 375 g/mol. The zero-order valence-electron chi connectivity index (χ0n) is 15.5. The van der Waals surface area contributed by atoms with Crippen LogP contribution in [0.2, 0.25) is 10.0 Å². The SMILES string of the molecule is CC(CC(C)CN(C)C)=C(Cc1ccccc1Cl)c1ccc(Cl)cc1. The number of hydrogen-bond donors (Lipinski definition) is 0. The third kappa shape index (κ3) is 6.18. The predicted molar refractivity (Wildman–Crippen MR) is 112 cm³/mol. The molecule has 3 heteroatoms. The lowest BCUT2D eigenvalue weighted by molar-refractivity contribution is 0.338. The number of halogens is 2. The van der Waals surface area contributed by atoms with E-state index in [1.807, 2.05) is 30.3 Å². The first kappa shape index (κ1) is 20.0. The van der Waals surface area contributed by atoms with Crippen molar-refractivity contribution in [1.82, 2.24) is 4.90 Å². The van der Waals surface area contributed by atoms with E-state index >= 15 is 0 Å². The summed E-state index contributed by atoms with van der Waals surface area (Å²) in [7, 11) is 4.25. The van der Waals surface area contributed by atoms with E-state index in [9.17, 15) is 0 Å². The van der Waals surface area contributed by atoms with Crippen molar-refractivity contribution >= 4 is 28.8 Å². The van der Waals surface area contributed by atoms with E-state index in [2.05, 4.69) is 51.0 Å². The molecule has 0 aromatic heterocycles. The molecule has 2 aromatic carbocycles. The molecule has 25 heavy (non-hydrogen) atoms. The first-order valence-electron chi connectivity index (χ1n) is 8.69. The predicted octanol–water partition coefficient (Wildman–Crippen LogP) is 6.60. The summed E-state index contributed by atoms with van der Waals surface area (Å²) in [6.07, 6.45) is 1.91. The van der Waals surface area contributed by atoms with Gasteiger partial charge in [-0.25, -0.2) is 0 Å². The molecule has 0 bridgehead atoms. The maximum atomic E-state index is 6.41. The lowest BCUT2D eigenvalue weighted by atomic mass is 9.90. The van der Waals surface area contributed by atoms with Gasteiger partial charge in [0.25, 0.3) is 0 Å². The van der Waals surface area contributed by atoms with E-state index in [4.69, 9.17) is 23.2 Å². The molecule has 0 radical (unpaired) electrons. The highest BCUT2D eigenvalue weighted by molar-refractivity contribution is 6.31. The first-order valence-corrected chi connectivity index (χ1v) is 9.45. The van der Waals surface area contributed by atoms with Crippen molar-refractivity contribution < 1.29 is 0 Å². The minimum Gasteiger partial charge on any atom is -0.309 e. The van der Waals surface area contributed by atoms with E-state index < -0.39 is 0 Å². The summed E-state index contributed by atoms with van der Waals surface area (Å²) in [5, 5.41) is 1.59. The molecule has 0 aliphatic rings. The highest BCUT2D eigenvalue weighted by Gasteiger charge is 2.13. The van der Waals surface area contributed by atoms with Crippen LogP contribution in [0.3, 0.4) is 0 Å². The molecule has 0 fully saturated rings. The Labute approximate surface area is 162 Å². The molecule has 2 rings (SSSR count). The van der Waals surface area contributed by atoms with Crippen LogP contribution in [0.15, 0.2) is 54.1 Å². The Kier molecular flexibility index (Phi) is 7.56. The Balaban J connectivity index is 2.35. The van der Waals surface area contributed by atoms with Crippen molar-refractivity contribution in [2.24, 2.45) is 5.92 Å². The molecule has 0 heterocycles. The van der Waals surface area contributed by atoms with Gasteiger partial charge in [-0.05, 0) is 74.7 Å². The third-order valence-corrected chi connectivity index (χ3v) is 4.99. The molecule has 1 unspecified atom stereocenters. The number of rotatable bonds is 7. The van der Waals surface area contributed by atoms with Crippen LogP contribution in [-0.4, -0.2) is 25.5 Å². The first-order chi connectivity index (χ1) is 11.9. The average Bonchev–Trinajstić information content (AvgIpc) is 2.54. The molecule has 0 aliphatic heterocycles. The Morgan fingerprint density at radius 2 is 1.64 bits per heavy atom. The third-order valence-electron chi connectivity index (χ3n) is 4.36. The molecule has 0 spiro atoms. The topological polar surface area (TPSA) is 3.24 Å². The maximum Gasteiger partial charge on any atom is 0.0441 e. The van der Waals surface area contributed by atoms with Crippen molar-refractivity contribution in [3.8, 4) is 0 Å². The number of allylic oxidation sites excluding steroid dienone is 2. The van der Waals surface area contributed by atoms with Gasteiger partial charge in [-0.15, -0.1) is 0 Å². The van der Waals surface area contributed by atoms with E-state index in [-0.39, 0.29) is 0 Å². The van der Waals surface area contributed by atoms with Crippen molar-refractivity contribution in [3.63, 3.8) is 0 Å². The van der Waals surface area contributed by atoms with Crippen LogP contribution in [-0.2, 0) is 6.42 Å². The Morgan fingerprint density at radius 3 is 2.24 bits per heavy atom. The number of benzene rings is 2. The lowest BCUT2D eigenvalue weighted by Crippen LogP contribution is -2.20. The summed E-state index contributed by atoms with van der Waals surface area (Å²) in [5.41, 5.74) is 5.14. The van der Waals surface area contributed by atoms with Crippen LogP contribution in [0.1, 0.15) is 31.4 Å². The van der Waals surface area contributed by atoms with Gasteiger partial charge in [0.2, 0.25) is 0 Å². The molecule has 1 atom stereocenters. The second-order valence-electron chi connectivity index (χ2n) is 7.11. The van der Waals surface area contributed by atoms with Gasteiger partial charge in [0.1, 0.15) is 0 Å². The minimum atomic E-state index is 0.601. The van der Waals surface area contributed by atoms with Crippen molar-refractivity contribution in [3.05, 3.63) is 75.3 Å². The summed E-state index contributed by atoms with van der Waals surface area (Å²) >= 11 is 12.5. The van der Waals surface area contributed by atoms with Gasteiger partial charge in [-0.3, -0.25) is 0 Å². The molecule has 1 nitrogen and oxygen atoms in total. The number of nitrogens with zero attached hydrogens (tertiary/aromatic N) is 1. The fourth-order valence-electron chi connectivity index (χ4n) is 3.32. The van der Waals surface area contributed by atoms with Crippen LogP contribution in [0.25, 0.3) is 5.57 Å². The van der Waals surface area contributed by atoms with Crippen LogP contribution < -0.4 is 0 Å². The molecule has 0 aliphatic carbocycles. The fourth-order valence-corrected chi connectivity index (χ4v) is 3.64. The zero-order chi connectivity index (χ0) is 18.4. The number of hydrogen-bond acceptors (Lipinski definition) is 1. The molecular formula is C22H27Cl2N. The van der Waals surface area contributed by atoms with E-state index in [0.29, 0.717) is 5.92 Å². The van der Waals surface area contributed by atoms with Crippen LogP contribution in [0.4, 0.5) is 0 Å². The normalized spacial score (nSPS) is 13.7. The van der Waals surface area contributed by atoms with Gasteiger partial charge < -0.3 is 4.90 Å². The molecule has 0 saturated carbocycles. The van der Waals surface area contributed by atoms with Gasteiger partial charge in [0.15, 0.2) is 0 Å². The second kappa shape index (κ2) is 9.43.